The SMILES string of the molecule is C=C(C)NC(C)(C)CCc1ccc(CCCCc2ccccc2)cc1.CC(C)(C)C. The molecule has 0 spiro atoms. The Bertz CT molecular complexity index is 711. The van der Waals surface area contributed by atoms with Gasteiger partial charge in [-0.1, -0.05) is 88.9 Å². The van der Waals surface area contributed by atoms with Gasteiger partial charge in [0.05, 0.1) is 0 Å². The van der Waals surface area contributed by atoms with E-state index in [0.29, 0.717) is 5.41 Å². The fourth-order valence-corrected chi connectivity index (χ4v) is 3.27. The minimum absolute atomic E-state index is 0.0991. The molecule has 0 saturated heterocycles. The van der Waals surface area contributed by atoms with Crippen molar-refractivity contribution in [1.29, 1.82) is 0 Å². The standard InChI is InChI=1S/C24H33N.C5H12/c1-20(2)25-24(3,4)19-18-23-16-14-22(15-17-23)13-9-8-12-21-10-6-5-7-11-21;1-5(2,3)4/h5-7,10-11,14-17,25H,1,8-9,12-13,18-19H2,2-4H3;1-4H3. The molecule has 1 nitrogen and oxygen atoms in total. The van der Waals surface area contributed by atoms with Crippen LogP contribution in [0.15, 0.2) is 66.9 Å². The molecule has 0 aliphatic rings. The lowest BCUT2D eigenvalue weighted by Crippen LogP contribution is -2.38. The monoisotopic (exact) mass is 407 g/mol. The van der Waals surface area contributed by atoms with E-state index in [0.717, 1.165) is 18.5 Å². The maximum absolute atomic E-state index is 3.95. The van der Waals surface area contributed by atoms with Crippen LogP contribution in [0.4, 0.5) is 0 Å². The predicted octanol–water partition coefficient (Wildman–Crippen LogP) is 8.14. The summed E-state index contributed by atoms with van der Waals surface area (Å²) < 4.78 is 0. The molecule has 166 valence electrons. The predicted molar refractivity (Wildman–Crippen MR) is 135 cm³/mol. The van der Waals surface area contributed by atoms with Crippen molar-refractivity contribution in [1.82, 2.24) is 5.32 Å². The van der Waals surface area contributed by atoms with Gasteiger partial charge in [-0.05, 0) is 81.4 Å². The van der Waals surface area contributed by atoms with Crippen molar-refractivity contribution < 1.29 is 0 Å². The summed E-state index contributed by atoms with van der Waals surface area (Å²) in [5.41, 5.74) is 5.96. The van der Waals surface area contributed by atoms with Gasteiger partial charge < -0.3 is 5.32 Å². The Morgan fingerprint density at radius 2 is 1.10 bits per heavy atom. The number of allylic oxidation sites excluding steroid dienone is 1. The van der Waals surface area contributed by atoms with Gasteiger partial charge in [0.2, 0.25) is 0 Å². The molecule has 2 rings (SSSR count). The fourth-order valence-electron chi connectivity index (χ4n) is 3.27. The zero-order valence-corrected chi connectivity index (χ0v) is 20.6. The highest BCUT2D eigenvalue weighted by atomic mass is 15.0. The molecule has 0 atom stereocenters. The van der Waals surface area contributed by atoms with Crippen molar-refractivity contribution in [3.8, 4) is 0 Å². The van der Waals surface area contributed by atoms with Gasteiger partial charge in [0, 0.05) is 11.2 Å². The third kappa shape index (κ3) is 14.0. The van der Waals surface area contributed by atoms with Crippen molar-refractivity contribution in [3.05, 3.63) is 83.6 Å². The highest BCUT2D eigenvalue weighted by molar-refractivity contribution is 5.23. The molecule has 0 aliphatic heterocycles. The number of aryl methyl sites for hydroxylation is 3. The molecule has 2 aromatic carbocycles. The van der Waals surface area contributed by atoms with Crippen molar-refractivity contribution in [3.63, 3.8) is 0 Å². The van der Waals surface area contributed by atoms with Gasteiger partial charge in [0.1, 0.15) is 0 Å². The highest BCUT2D eigenvalue weighted by Gasteiger charge is 2.16. The van der Waals surface area contributed by atoms with Crippen LogP contribution in [0, 0.1) is 5.41 Å². The second kappa shape index (κ2) is 12.6. The quantitative estimate of drug-likeness (QED) is 0.392. The molecule has 1 N–H and O–H groups in total. The van der Waals surface area contributed by atoms with Crippen LogP contribution in [0.3, 0.4) is 0 Å². The average Bonchev–Trinajstić information content (AvgIpc) is 2.63. The Kier molecular flexibility index (Phi) is 10.9. The normalized spacial score (nSPS) is 11.4. The van der Waals surface area contributed by atoms with Gasteiger partial charge in [-0.25, -0.2) is 0 Å². The first-order chi connectivity index (χ1) is 13.9. The average molecular weight is 408 g/mol. The highest BCUT2D eigenvalue weighted by Crippen LogP contribution is 2.16. The summed E-state index contributed by atoms with van der Waals surface area (Å²) in [6.45, 7) is 19.2. The molecule has 0 unspecified atom stereocenters. The van der Waals surface area contributed by atoms with E-state index >= 15 is 0 Å². The van der Waals surface area contributed by atoms with Crippen molar-refractivity contribution >= 4 is 0 Å². The number of nitrogens with one attached hydrogen (secondary N) is 1. The Labute approximate surface area is 187 Å². The maximum Gasteiger partial charge on any atom is 0.0317 e. The van der Waals surface area contributed by atoms with E-state index in [1.165, 1.54) is 42.4 Å². The largest absolute Gasteiger partial charge is 0.384 e. The van der Waals surface area contributed by atoms with Crippen LogP contribution >= 0.6 is 0 Å². The Hall–Kier alpha value is -2.02. The number of benzene rings is 2. The molecule has 0 fully saturated rings. The van der Waals surface area contributed by atoms with Crippen molar-refractivity contribution in [2.45, 2.75) is 92.5 Å². The molecule has 0 radical (unpaired) electrons. The number of hydrogen-bond donors (Lipinski definition) is 1. The van der Waals surface area contributed by atoms with Crippen molar-refractivity contribution in [2.75, 3.05) is 0 Å². The van der Waals surface area contributed by atoms with E-state index in [4.69, 9.17) is 0 Å². The van der Waals surface area contributed by atoms with Crippen molar-refractivity contribution in [2.24, 2.45) is 5.41 Å². The molecule has 0 amide bonds. The molecule has 0 aromatic heterocycles. The van der Waals surface area contributed by atoms with E-state index in [-0.39, 0.29) is 5.54 Å². The smallest absolute Gasteiger partial charge is 0.0317 e. The molecule has 0 bridgehead atoms. The van der Waals surface area contributed by atoms with Gasteiger partial charge in [0.25, 0.3) is 0 Å². The van der Waals surface area contributed by atoms with Crippen LogP contribution in [-0.4, -0.2) is 5.54 Å². The lowest BCUT2D eigenvalue weighted by atomic mass is 9.94. The lowest BCUT2D eigenvalue weighted by Gasteiger charge is -2.27. The van der Waals surface area contributed by atoms with E-state index < -0.39 is 0 Å². The first-order valence-electron chi connectivity index (χ1n) is 11.5. The molecule has 0 heterocycles. The Morgan fingerprint density at radius 3 is 1.53 bits per heavy atom. The van der Waals surface area contributed by atoms with E-state index in [1.54, 1.807) is 0 Å². The third-order valence-corrected chi connectivity index (χ3v) is 4.64. The minimum atomic E-state index is 0.0991. The van der Waals surface area contributed by atoms with Crippen LogP contribution in [0.1, 0.15) is 84.4 Å². The zero-order valence-electron chi connectivity index (χ0n) is 20.6. The zero-order chi connectivity index (χ0) is 22.6. The summed E-state index contributed by atoms with van der Waals surface area (Å²) in [6, 6.07) is 20.0. The molecular formula is C29H45N. The first kappa shape index (κ1) is 26.0. The van der Waals surface area contributed by atoms with E-state index in [2.05, 4.69) is 108 Å². The summed E-state index contributed by atoms with van der Waals surface area (Å²) in [4.78, 5) is 0. The topological polar surface area (TPSA) is 12.0 Å². The number of hydrogen-bond acceptors (Lipinski definition) is 1. The summed E-state index contributed by atoms with van der Waals surface area (Å²) in [6.07, 6.45) is 7.08. The van der Waals surface area contributed by atoms with Crippen LogP contribution in [0.25, 0.3) is 0 Å². The number of rotatable bonds is 10. The maximum atomic E-state index is 3.95. The van der Waals surface area contributed by atoms with Gasteiger partial charge >= 0.3 is 0 Å². The second-order valence-corrected chi connectivity index (χ2v) is 10.8. The van der Waals surface area contributed by atoms with Crippen LogP contribution < -0.4 is 5.32 Å². The Morgan fingerprint density at radius 1 is 0.700 bits per heavy atom. The van der Waals surface area contributed by atoms with Gasteiger partial charge in [0.15, 0.2) is 0 Å². The lowest BCUT2D eigenvalue weighted by molar-refractivity contribution is 0.398. The summed E-state index contributed by atoms with van der Waals surface area (Å²) in [7, 11) is 0. The fraction of sp³-hybridized carbons (Fsp3) is 0.517. The minimum Gasteiger partial charge on any atom is -0.384 e. The molecular weight excluding hydrogens is 362 g/mol. The van der Waals surface area contributed by atoms with E-state index in [9.17, 15) is 0 Å². The number of unbranched alkanes of at least 4 members (excludes halogenated alkanes) is 1. The molecule has 0 saturated carbocycles. The van der Waals surface area contributed by atoms with E-state index in [1.807, 2.05) is 6.92 Å². The van der Waals surface area contributed by atoms with Crippen LogP contribution in [0.2, 0.25) is 0 Å². The molecule has 2 aromatic rings. The van der Waals surface area contributed by atoms with Gasteiger partial charge in [-0.15, -0.1) is 0 Å². The Balaban J connectivity index is 0.000000804. The third-order valence-electron chi connectivity index (χ3n) is 4.64. The van der Waals surface area contributed by atoms with Gasteiger partial charge in [-0.3, -0.25) is 0 Å². The van der Waals surface area contributed by atoms with Crippen LogP contribution in [0.5, 0.6) is 0 Å². The molecule has 1 heteroatoms. The molecule has 30 heavy (non-hydrogen) atoms. The summed E-state index contributed by atoms with van der Waals surface area (Å²) in [5, 5.41) is 3.45. The molecule has 0 aliphatic carbocycles. The first-order valence-corrected chi connectivity index (χ1v) is 11.5. The van der Waals surface area contributed by atoms with Gasteiger partial charge in [-0.2, -0.15) is 0 Å². The second-order valence-electron chi connectivity index (χ2n) is 10.8. The summed E-state index contributed by atoms with van der Waals surface area (Å²) in [5.74, 6) is 0. The van der Waals surface area contributed by atoms with Crippen LogP contribution in [-0.2, 0) is 19.3 Å². The summed E-state index contributed by atoms with van der Waals surface area (Å²) >= 11 is 0.